The van der Waals surface area contributed by atoms with Gasteiger partial charge in [-0.2, -0.15) is 0 Å². The highest BCUT2D eigenvalue weighted by atomic mass is 16.3. The Balaban J connectivity index is 1.79. The Labute approximate surface area is 104 Å². The second-order valence-corrected chi connectivity index (χ2v) is 5.07. The summed E-state index contributed by atoms with van der Waals surface area (Å²) in [7, 11) is 0. The molecular weight excluding hydrogens is 212 g/mol. The first-order valence-electron chi connectivity index (χ1n) is 6.79. The zero-order chi connectivity index (χ0) is 12.1. The van der Waals surface area contributed by atoms with Crippen LogP contribution in [-0.2, 0) is 6.54 Å². The van der Waals surface area contributed by atoms with E-state index < -0.39 is 0 Å². The minimum Gasteiger partial charge on any atom is -0.468 e. The lowest BCUT2D eigenvalue weighted by Crippen LogP contribution is -2.47. The molecule has 3 heteroatoms. The van der Waals surface area contributed by atoms with Gasteiger partial charge < -0.3 is 9.73 Å². The largest absolute Gasteiger partial charge is 0.468 e. The molecule has 2 rings (SSSR count). The van der Waals surface area contributed by atoms with Gasteiger partial charge in [-0.15, -0.1) is 0 Å². The normalized spacial score (nSPS) is 26.2. The van der Waals surface area contributed by atoms with E-state index in [1.165, 1.54) is 25.8 Å². The summed E-state index contributed by atoms with van der Waals surface area (Å²) in [4.78, 5) is 2.52. The molecular formula is C14H24N2O. The summed E-state index contributed by atoms with van der Waals surface area (Å²) in [5.41, 5.74) is 0. The summed E-state index contributed by atoms with van der Waals surface area (Å²) >= 11 is 0. The molecule has 1 fully saturated rings. The Morgan fingerprint density at radius 2 is 2.41 bits per heavy atom. The molecule has 3 nitrogen and oxygen atoms in total. The maximum Gasteiger partial charge on any atom is 0.117 e. The minimum absolute atomic E-state index is 0.642. The van der Waals surface area contributed by atoms with Crippen molar-refractivity contribution in [3.8, 4) is 0 Å². The van der Waals surface area contributed by atoms with Gasteiger partial charge in [-0.25, -0.2) is 0 Å². The highest BCUT2D eigenvalue weighted by molar-refractivity contribution is 4.99. The summed E-state index contributed by atoms with van der Waals surface area (Å²) in [6.45, 7) is 7.82. The van der Waals surface area contributed by atoms with E-state index in [9.17, 15) is 0 Å². The lowest BCUT2D eigenvalue weighted by atomic mass is 9.98. The standard InChI is InChI=1S/C14H24N2O/c1-3-7-15-13-6-8-16(12(2)10-13)11-14-5-4-9-17-14/h4-5,9,12-13,15H,3,6-8,10-11H2,1-2H3. The van der Waals surface area contributed by atoms with Gasteiger partial charge in [0.15, 0.2) is 0 Å². The van der Waals surface area contributed by atoms with Crippen LogP contribution in [0.15, 0.2) is 22.8 Å². The third kappa shape index (κ3) is 3.58. The lowest BCUT2D eigenvalue weighted by molar-refractivity contribution is 0.120. The van der Waals surface area contributed by atoms with E-state index in [0.717, 1.165) is 18.8 Å². The van der Waals surface area contributed by atoms with Crippen LogP contribution in [0.3, 0.4) is 0 Å². The molecule has 1 saturated heterocycles. The SMILES string of the molecule is CCCNC1CCN(Cc2ccco2)C(C)C1. The van der Waals surface area contributed by atoms with Crippen LogP contribution < -0.4 is 5.32 Å². The topological polar surface area (TPSA) is 28.4 Å². The van der Waals surface area contributed by atoms with Crippen molar-refractivity contribution in [2.75, 3.05) is 13.1 Å². The van der Waals surface area contributed by atoms with Crippen LogP contribution in [-0.4, -0.2) is 30.1 Å². The van der Waals surface area contributed by atoms with Crippen LogP contribution in [0.4, 0.5) is 0 Å². The van der Waals surface area contributed by atoms with E-state index in [-0.39, 0.29) is 0 Å². The molecule has 1 aromatic heterocycles. The van der Waals surface area contributed by atoms with E-state index >= 15 is 0 Å². The van der Waals surface area contributed by atoms with Gasteiger partial charge in [0.05, 0.1) is 12.8 Å². The molecule has 0 spiro atoms. The molecule has 1 aliphatic heterocycles. The number of likely N-dealkylation sites (tertiary alicyclic amines) is 1. The highest BCUT2D eigenvalue weighted by Crippen LogP contribution is 2.19. The van der Waals surface area contributed by atoms with Crippen molar-refractivity contribution in [1.82, 2.24) is 10.2 Å². The fourth-order valence-electron chi connectivity index (χ4n) is 2.59. The van der Waals surface area contributed by atoms with Gasteiger partial charge in [0.2, 0.25) is 0 Å². The average Bonchev–Trinajstić information content (AvgIpc) is 2.82. The fourth-order valence-corrected chi connectivity index (χ4v) is 2.59. The molecule has 0 amide bonds. The fraction of sp³-hybridized carbons (Fsp3) is 0.714. The van der Waals surface area contributed by atoms with Crippen LogP contribution in [0, 0.1) is 0 Å². The Morgan fingerprint density at radius 3 is 3.06 bits per heavy atom. The first-order chi connectivity index (χ1) is 8.29. The Morgan fingerprint density at radius 1 is 1.53 bits per heavy atom. The van der Waals surface area contributed by atoms with Crippen LogP contribution in [0.5, 0.6) is 0 Å². The highest BCUT2D eigenvalue weighted by Gasteiger charge is 2.25. The first-order valence-corrected chi connectivity index (χ1v) is 6.79. The molecule has 1 aliphatic rings. The van der Waals surface area contributed by atoms with Crippen molar-refractivity contribution in [3.05, 3.63) is 24.2 Å². The Bertz CT molecular complexity index is 310. The van der Waals surface area contributed by atoms with E-state index in [1.807, 2.05) is 6.07 Å². The van der Waals surface area contributed by atoms with Crippen molar-refractivity contribution in [2.24, 2.45) is 0 Å². The number of nitrogens with one attached hydrogen (secondary N) is 1. The molecule has 0 aromatic carbocycles. The quantitative estimate of drug-likeness (QED) is 0.852. The number of rotatable bonds is 5. The Kier molecular flexibility index (Phi) is 4.63. The van der Waals surface area contributed by atoms with Crippen molar-refractivity contribution in [1.29, 1.82) is 0 Å². The van der Waals surface area contributed by atoms with Gasteiger partial charge in [-0.05, 0) is 44.9 Å². The van der Waals surface area contributed by atoms with E-state index in [2.05, 4.69) is 30.1 Å². The predicted molar refractivity (Wildman–Crippen MR) is 69.9 cm³/mol. The number of piperidine rings is 1. The third-order valence-corrected chi connectivity index (χ3v) is 3.64. The van der Waals surface area contributed by atoms with Crippen molar-refractivity contribution in [2.45, 2.75) is 51.7 Å². The zero-order valence-electron chi connectivity index (χ0n) is 11.0. The summed E-state index contributed by atoms with van der Waals surface area (Å²) in [6.07, 6.45) is 5.49. The molecule has 1 N–H and O–H groups in total. The van der Waals surface area contributed by atoms with Crippen LogP contribution in [0.25, 0.3) is 0 Å². The lowest BCUT2D eigenvalue weighted by Gasteiger charge is -2.37. The number of hydrogen-bond acceptors (Lipinski definition) is 3. The number of hydrogen-bond donors (Lipinski definition) is 1. The molecule has 2 unspecified atom stereocenters. The zero-order valence-corrected chi connectivity index (χ0v) is 11.0. The molecule has 2 atom stereocenters. The van der Waals surface area contributed by atoms with Crippen LogP contribution in [0.2, 0.25) is 0 Å². The smallest absolute Gasteiger partial charge is 0.117 e. The van der Waals surface area contributed by atoms with Gasteiger partial charge in [0.25, 0.3) is 0 Å². The van der Waals surface area contributed by atoms with E-state index in [0.29, 0.717) is 12.1 Å². The molecule has 0 saturated carbocycles. The summed E-state index contributed by atoms with van der Waals surface area (Å²) in [5.74, 6) is 1.08. The van der Waals surface area contributed by atoms with E-state index in [1.54, 1.807) is 6.26 Å². The van der Waals surface area contributed by atoms with Crippen molar-refractivity contribution in [3.63, 3.8) is 0 Å². The maximum atomic E-state index is 5.42. The molecule has 17 heavy (non-hydrogen) atoms. The molecule has 96 valence electrons. The Hall–Kier alpha value is -0.800. The first kappa shape index (κ1) is 12.7. The van der Waals surface area contributed by atoms with Crippen molar-refractivity contribution >= 4 is 0 Å². The van der Waals surface area contributed by atoms with Gasteiger partial charge in [-0.3, -0.25) is 4.90 Å². The second-order valence-electron chi connectivity index (χ2n) is 5.07. The van der Waals surface area contributed by atoms with Gasteiger partial charge in [0.1, 0.15) is 5.76 Å². The molecule has 0 bridgehead atoms. The third-order valence-electron chi connectivity index (χ3n) is 3.64. The summed E-state index contributed by atoms with van der Waals surface area (Å²) in [6, 6.07) is 5.38. The average molecular weight is 236 g/mol. The molecule has 0 aliphatic carbocycles. The molecule has 0 radical (unpaired) electrons. The van der Waals surface area contributed by atoms with Gasteiger partial charge >= 0.3 is 0 Å². The number of nitrogens with zero attached hydrogens (tertiary/aromatic N) is 1. The van der Waals surface area contributed by atoms with Crippen LogP contribution >= 0.6 is 0 Å². The molecule has 1 aromatic rings. The number of furan rings is 1. The maximum absolute atomic E-state index is 5.42. The second kappa shape index (κ2) is 6.22. The van der Waals surface area contributed by atoms with Gasteiger partial charge in [-0.1, -0.05) is 6.92 Å². The van der Waals surface area contributed by atoms with Gasteiger partial charge in [0, 0.05) is 18.6 Å². The summed E-state index contributed by atoms with van der Waals surface area (Å²) in [5, 5.41) is 3.63. The van der Waals surface area contributed by atoms with Crippen molar-refractivity contribution < 1.29 is 4.42 Å². The van der Waals surface area contributed by atoms with E-state index in [4.69, 9.17) is 4.42 Å². The van der Waals surface area contributed by atoms with Crippen LogP contribution in [0.1, 0.15) is 38.9 Å². The predicted octanol–water partition coefficient (Wildman–Crippen LogP) is 2.63. The molecule has 2 heterocycles. The monoisotopic (exact) mass is 236 g/mol. The minimum atomic E-state index is 0.642. The summed E-state index contributed by atoms with van der Waals surface area (Å²) < 4.78 is 5.42.